The predicted molar refractivity (Wildman–Crippen MR) is 60.8 cm³/mol. The largest absolute Gasteiger partial charge is 0.376 e. The third-order valence-corrected chi connectivity index (χ3v) is 4.18. The van der Waals surface area contributed by atoms with Crippen molar-refractivity contribution in [1.82, 2.24) is 0 Å². The van der Waals surface area contributed by atoms with E-state index in [1.165, 1.54) is 17.5 Å². The summed E-state index contributed by atoms with van der Waals surface area (Å²) < 4.78 is 5.78. The fraction of sp³-hybridized carbons (Fsp3) is 0.571. The molecule has 0 N–H and O–H groups in total. The maximum Gasteiger partial charge on any atom is 0.0722 e. The quantitative estimate of drug-likeness (QED) is 0.627. The normalized spacial score (nSPS) is 33.6. The lowest BCUT2D eigenvalue weighted by Crippen LogP contribution is -2.34. The van der Waals surface area contributed by atoms with E-state index in [4.69, 9.17) is 4.74 Å². The van der Waals surface area contributed by atoms with Gasteiger partial charge in [-0.15, -0.1) is 0 Å². The van der Waals surface area contributed by atoms with Gasteiger partial charge < -0.3 is 4.74 Å². The van der Waals surface area contributed by atoms with E-state index in [1.807, 2.05) is 0 Å². The van der Waals surface area contributed by atoms with Crippen LogP contribution in [0.1, 0.15) is 36.0 Å². The van der Waals surface area contributed by atoms with Gasteiger partial charge in [-0.05, 0) is 47.8 Å². The first-order valence-corrected chi connectivity index (χ1v) is 5.93. The summed E-state index contributed by atoms with van der Waals surface area (Å²) in [6.07, 6.45) is 1.35. The molecule has 2 aliphatic rings. The minimum Gasteiger partial charge on any atom is -0.376 e. The Morgan fingerprint density at radius 1 is 1.33 bits per heavy atom. The van der Waals surface area contributed by atoms with Crippen molar-refractivity contribution in [1.29, 1.82) is 0 Å². The molecule has 2 unspecified atom stereocenters. The zero-order chi connectivity index (χ0) is 10.4. The van der Waals surface area contributed by atoms with Gasteiger partial charge in [-0.3, -0.25) is 0 Å². The molecule has 1 heterocycles. The van der Waals surface area contributed by atoms with Crippen LogP contribution in [0.4, 0.5) is 0 Å². The Morgan fingerprint density at radius 2 is 2.20 bits per heavy atom. The van der Waals surface area contributed by atoms with E-state index in [1.54, 1.807) is 5.56 Å². The monoisotopic (exact) mass is 202 g/mol. The highest BCUT2D eigenvalue weighted by molar-refractivity contribution is 5.39. The van der Waals surface area contributed by atoms with E-state index < -0.39 is 0 Å². The molecule has 1 aromatic rings. The summed E-state index contributed by atoms with van der Waals surface area (Å²) in [5.41, 5.74) is 4.42. The number of fused-ring (bicyclic) bond motifs is 3. The minimum atomic E-state index is 0.766. The van der Waals surface area contributed by atoms with E-state index in [-0.39, 0.29) is 0 Å². The van der Waals surface area contributed by atoms with Crippen LogP contribution in [0.2, 0.25) is 0 Å². The van der Waals surface area contributed by atoms with Crippen LogP contribution in [0.5, 0.6) is 0 Å². The first-order valence-electron chi connectivity index (χ1n) is 5.93. The topological polar surface area (TPSA) is 9.23 Å². The number of ether oxygens (including phenoxy) is 1. The highest BCUT2D eigenvalue weighted by Gasteiger charge is 2.41. The Morgan fingerprint density at radius 3 is 3.00 bits per heavy atom. The average molecular weight is 202 g/mol. The lowest BCUT2D eigenvalue weighted by Gasteiger charge is -2.42. The molecule has 1 saturated carbocycles. The molecular formula is C14H18O. The summed E-state index contributed by atoms with van der Waals surface area (Å²) in [6, 6.07) is 6.71. The average Bonchev–Trinajstić information content (AvgIpc) is 2.34. The van der Waals surface area contributed by atoms with Crippen LogP contribution in [0.3, 0.4) is 0 Å². The SMILES string of the molecule is Cc1cccc2c1COCC1CC(C)[C@H]21. The number of rotatable bonds is 0. The molecule has 0 spiro atoms. The van der Waals surface area contributed by atoms with Gasteiger partial charge in [0, 0.05) is 0 Å². The van der Waals surface area contributed by atoms with Gasteiger partial charge in [0.1, 0.15) is 0 Å². The summed E-state index contributed by atoms with van der Waals surface area (Å²) in [4.78, 5) is 0. The molecule has 3 atom stereocenters. The second-order valence-corrected chi connectivity index (χ2v) is 5.16. The molecule has 0 amide bonds. The van der Waals surface area contributed by atoms with Crippen molar-refractivity contribution in [2.24, 2.45) is 11.8 Å². The number of benzene rings is 1. The van der Waals surface area contributed by atoms with Gasteiger partial charge in [-0.25, -0.2) is 0 Å². The Balaban J connectivity index is 2.08. The van der Waals surface area contributed by atoms with Crippen molar-refractivity contribution in [3.63, 3.8) is 0 Å². The van der Waals surface area contributed by atoms with Gasteiger partial charge in [0.05, 0.1) is 13.2 Å². The van der Waals surface area contributed by atoms with E-state index in [2.05, 4.69) is 32.0 Å². The van der Waals surface area contributed by atoms with Crippen LogP contribution in [0.15, 0.2) is 18.2 Å². The highest BCUT2D eigenvalue weighted by Crippen LogP contribution is 2.50. The van der Waals surface area contributed by atoms with Crippen LogP contribution in [0, 0.1) is 18.8 Å². The second kappa shape index (κ2) is 3.34. The van der Waals surface area contributed by atoms with E-state index in [0.29, 0.717) is 0 Å². The van der Waals surface area contributed by atoms with Gasteiger partial charge in [-0.1, -0.05) is 25.1 Å². The van der Waals surface area contributed by atoms with Gasteiger partial charge >= 0.3 is 0 Å². The summed E-state index contributed by atoms with van der Waals surface area (Å²) in [7, 11) is 0. The molecule has 15 heavy (non-hydrogen) atoms. The van der Waals surface area contributed by atoms with Crippen LogP contribution in [-0.2, 0) is 11.3 Å². The zero-order valence-electron chi connectivity index (χ0n) is 9.49. The molecule has 0 bridgehead atoms. The van der Waals surface area contributed by atoms with Crippen molar-refractivity contribution in [3.8, 4) is 0 Å². The van der Waals surface area contributed by atoms with Crippen molar-refractivity contribution < 1.29 is 4.74 Å². The first kappa shape index (κ1) is 9.41. The molecule has 0 aromatic heterocycles. The standard InChI is InChI=1S/C14H18O/c1-9-4-3-5-12-13(9)8-15-7-11-6-10(2)14(11)12/h3-5,10-11,14H,6-8H2,1-2H3/t10?,11?,14-/m0/s1. The number of aryl methyl sites for hydroxylation is 1. The van der Waals surface area contributed by atoms with E-state index in [0.717, 1.165) is 31.0 Å². The Hall–Kier alpha value is -0.820. The molecule has 1 nitrogen and oxygen atoms in total. The molecule has 1 aliphatic heterocycles. The summed E-state index contributed by atoms with van der Waals surface area (Å²) in [5, 5.41) is 0. The minimum absolute atomic E-state index is 0.766. The van der Waals surface area contributed by atoms with Gasteiger partial charge in [0.25, 0.3) is 0 Å². The fourth-order valence-electron chi connectivity index (χ4n) is 3.32. The Labute approximate surface area is 91.5 Å². The highest BCUT2D eigenvalue weighted by atomic mass is 16.5. The molecule has 1 heteroatoms. The molecule has 0 saturated heterocycles. The number of hydrogen-bond donors (Lipinski definition) is 0. The molecule has 0 radical (unpaired) electrons. The van der Waals surface area contributed by atoms with Gasteiger partial charge in [0.15, 0.2) is 0 Å². The second-order valence-electron chi connectivity index (χ2n) is 5.16. The fourth-order valence-corrected chi connectivity index (χ4v) is 3.32. The van der Waals surface area contributed by atoms with Crippen molar-refractivity contribution in [2.75, 3.05) is 6.61 Å². The predicted octanol–water partition coefficient (Wildman–Crippen LogP) is 3.26. The summed E-state index contributed by atoms with van der Waals surface area (Å²) >= 11 is 0. The molecular weight excluding hydrogens is 184 g/mol. The van der Waals surface area contributed by atoms with Crippen LogP contribution < -0.4 is 0 Å². The van der Waals surface area contributed by atoms with E-state index in [9.17, 15) is 0 Å². The molecule has 80 valence electrons. The smallest absolute Gasteiger partial charge is 0.0722 e. The van der Waals surface area contributed by atoms with Crippen molar-refractivity contribution >= 4 is 0 Å². The zero-order valence-corrected chi connectivity index (χ0v) is 9.49. The molecule has 3 rings (SSSR count). The lowest BCUT2D eigenvalue weighted by atomic mass is 9.62. The van der Waals surface area contributed by atoms with Crippen LogP contribution in [0.25, 0.3) is 0 Å². The van der Waals surface area contributed by atoms with Crippen molar-refractivity contribution in [2.45, 2.75) is 32.8 Å². The lowest BCUT2D eigenvalue weighted by molar-refractivity contribution is 0.0342. The third kappa shape index (κ3) is 1.33. The molecule has 1 aromatic carbocycles. The first-order chi connectivity index (χ1) is 7.27. The summed E-state index contributed by atoms with van der Waals surface area (Å²) in [5.74, 6) is 2.39. The summed E-state index contributed by atoms with van der Waals surface area (Å²) in [6.45, 7) is 6.36. The number of hydrogen-bond acceptors (Lipinski definition) is 1. The van der Waals surface area contributed by atoms with Gasteiger partial charge in [-0.2, -0.15) is 0 Å². The van der Waals surface area contributed by atoms with Crippen LogP contribution >= 0.6 is 0 Å². The third-order valence-electron chi connectivity index (χ3n) is 4.18. The van der Waals surface area contributed by atoms with E-state index >= 15 is 0 Å². The van der Waals surface area contributed by atoms with Crippen molar-refractivity contribution in [3.05, 3.63) is 34.9 Å². The maximum atomic E-state index is 5.78. The Kier molecular flexibility index (Phi) is 2.10. The molecule has 1 fully saturated rings. The van der Waals surface area contributed by atoms with Crippen LogP contribution in [-0.4, -0.2) is 6.61 Å². The Bertz CT molecular complexity index is 383. The molecule has 1 aliphatic carbocycles. The van der Waals surface area contributed by atoms with Gasteiger partial charge in [0.2, 0.25) is 0 Å². The maximum absolute atomic E-state index is 5.78.